The van der Waals surface area contributed by atoms with E-state index in [2.05, 4.69) is 44.8 Å². The number of hydrogen-bond acceptors (Lipinski definition) is 8. The molecule has 47 heavy (non-hydrogen) atoms. The van der Waals surface area contributed by atoms with Crippen LogP contribution in [0.15, 0.2) is 67.5 Å². The first-order valence-corrected chi connectivity index (χ1v) is 15.8. The predicted octanol–water partition coefficient (Wildman–Crippen LogP) is 6.56. The van der Waals surface area contributed by atoms with Crippen molar-refractivity contribution in [3.63, 3.8) is 0 Å². The van der Waals surface area contributed by atoms with Gasteiger partial charge in [-0.3, -0.25) is 19.7 Å². The van der Waals surface area contributed by atoms with Crippen molar-refractivity contribution in [1.82, 2.24) is 29.5 Å². The second-order valence-corrected chi connectivity index (χ2v) is 13.1. The van der Waals surface area contributed by atoms with Crippen LogP contribution in [0.3, 0.4) is 0 Å². The van der Waals surface area contributed by atoms with Gasteiger partial charge in [0.25, 0.3) is 0 Å². The Balaban J connectivity index is 1.34. The number of aliphatic hydroxyl groups is 1. The van der Waals surface area contributed by atoms with E-state index in [1.54, 1.807) is 15.6 Å². The number of anilines is 1. The zero-order chi connectivity index (χ0) is 32.4. The molecule has 4 aromatic heterocycles. The summed E-state index contributed by atoms with van der Waals surface area (Å²) in [5, 5.41) is 25.3. The van der Waals surface area contributed by atoms with E-state index in [0.29, 0.717) is 24.4 Å². The zero-order valence-electron chi connectivity index (χ0n) is 26.7. The fourth-order valence-corrected chi connectivity index (χ4v) is 6.22. The third-order valence-corrected chi connectivity index (χ3v) is 9.22. The van der Waals surface area contributed by atoms with E-state index >= 15 is 0 Å². The minimum absolute atomic E-state index is 0.0688. The lowest BCUT2D eigenvalue weighted by Gasteiger charge is -2.32. The number of carbonyl (C=O) groups excluding carboxylic acids is 1. The van der Waals surface area contributed by atoms with Crippen molar-refractivity contribution < 1.29 is 19.4 Å². The Kier molecular flexibility index (Phi) is 6.76. The van der Waals surface area contributed by atoms with Crippen molar-refractivity contribution in [1.29, 1.82) is 0 Å². The molecule has 2 fully saturated rings. The number of nitrogens with one attached hydrogen (secondary N) is 1. The third-order valence-electron chi connectivity index (χ3n) is 9.22. The van der Waals surface area contributed by atoms with Gasteiger partial charge in [0.05, 0.1) is 24.2 Å². The number of rotatable bonds is 7. The van der Waals surface area contributed by atoms with Crippen LogP contribution in [0.5, 0.6) is 5.75 Å². The molecule has 2 saturated carbocycles. The van der Waals surface area contributed by atoms with E-state index in [9.17, 15) is 9.90 Å². The molecule has 0 saturated heterocycles. The molecule has 2 N–H and O–H groups in total. The van der Waals surface area contributed by atoms with Gasteiger partial charge in [-0.05, 0) is 84.7 Å². The van der Waals surface area contributed by atoms with Crippen LogP contribution < -0.4 is 10.1 Å². The van der Waals surface area contributed by atoms with Crippen LogP contribution in [0.4, 0.5) is 10.6 Å². The molecule has 2 aliphatic carbocycles. The molecule has 2 aliphatic rings. The molecule has 0 unspecified atom stereocenters. The average Bonchev–Trinajstić information content (AvgIpc) is 3.36. The summed E-state index contributed by atoms with van der Waals surface area (Å²) in [5.41, 5.74) is 6.15. The molecule has 8 rings (SSSR count). The van der Waals surface area contributed by atoms with Gasteiger partial charge in [0.15, 0.2) is 0 Å². The van der Waals surface area contributed by atoms with Crippen molar-refractivity contribution in [3.05, 3.63) is 73.2 Å². The van der Waals surface area contributed by atoms with Gasteiger partial charge in [-0.25, -0.2) is 9.78 Å². The minimum Gasteiger partial charge on any atom is -0.488 e. The summed E-state index contributed by atoms with van der Waals surface area (Å²) in [6.45, 7) is 3.88. The monoisotopic (exact) mass is 629 g/mol. The molecule has 2 aromatic carbocycles. The minimum atomic E-state index is -0.511. The Morgan fingerprint density at radius 3 is 2.11 bits per heavy atom. The van der Waals surface area contributed by atoms with Crippen LogP contribution in [0.2, 0.25) is 0 Å². The summed E-state index contributed by atoms with van der Waals surface area (Å²) in [5.74, 6) is 1.12. The molecular weight excluding hydrogens is 594 g/mol. The Hall–Kier alpha value is -5.29. The van der Waals surface area contributed by atoms with Gasteiger partial charge < -0.3 is 14.6 Å². The van der Waals surface area contributed by atoms with Crippen LogP contribution in [-0.4, -0.2) is 58.5 Å². The van der Waals surface area contributed by atoms with Gasteiger partial charge in [-0.1, -0.05) is 0 Å². The molecule has 0 bridgehead atoms. The molecule has 0 atom stereocenters. The summed E-state index contributed by atoms with van der Waals surface area (Å²) >= 11 is 0. The molecule has 6 aromatic rings. The Labute approximate surface area is 271 Å². The number of aromatic nitrogens is 6. The van der Waals surface area contributed by atoms with Crippen molar-refractivity contribution >= 4 is 33.5 Å². The van der Waals surface area contributed by atoms with Crippen LogP contribution >= 0.6 is 0 Å². The number of benzene rings is 2. The van der Waals surface area contributed by atoms with E-state index < -0.39 is 11.7 Å². The molecular formula is C36H35N7O4. The maximum absolute atomic E-state index is 12.7. The first-order valence-electron chi connectivity index (χ1n) is 15.8. The lowest BCUT2D eigenvalue weighted by atomic mass is 9.89. The molecule has 11 heteroatoms. The van der Waals surface area contributed by atoms with Crippen molar-refractivity contribution in [3.8, 4) is 39.1 Å². The number of hydrogen-bond donors (Lipinski definition) is 2. The summed E-state index contributed by atoms with van der Waals surface area (Å²) in [4.78, 5) is 22.1. The quantitative estimate of drug-likeness (QED) is 0.203. The number of fused-ring (bicyclic) bond motifs is 2. The molecule has 0 radical (unpaired) electrons. The second-order valence-electron chi connectivity index (χ2n) is 13.1. The molecule has 0 aliphatic heterocycles. The van der Waals surface area contributed by atoms with Gasteiger partial charge in [-0.2, -0.15) is 10.2 Å². The average molecular weight is 630 g/mol. The maximum atomic E-state index is 12.7. The summed E-state index contributed by atoms with van der Waals surface area (Å²) in [6, 6.07) is 10.4. The first kappa shape index (κ1) is 29.1. The highest BCUT2D eigenvalue weighted by Gasteiger charge is 2.41. The summed E-state index contributed by atoms with van der Waals surface area (Å²) < 4.78 is 15.7. The topological polar surface area (TPSA) is 129 Å². The molecule has 0 spiro atoms. The van der Waals surface area contributed by atoms with Gasteiger partial charge >= 0.3 is 6.09 Å². The number of ether oxygens (including phenoxy) is 2. The highest BCUT2D eigenvalue weighted by Crippen LogP contribution is 2.44. The van der Waals surface area contributed by atoms with E-state index in [-0.39, 0.29) is 12.2 Å². The van der Waals surface area contributed by atoms with Crippen molar-refractivity contribution in [2.75, 3.05) is 5.32 Å². The van der Waals surface area contributed by atoms with Crippen LogP contribution in [0, 0.1) is 6.92 Å². The van der Waals surface area contributed by atoms with Gasteiger partial charge in [0.2, 0.25) is 0 Å². The van der Waals surface area contributed by atoms with Crippen molar-refractivity contribution in [2.24, 2.45) is 14.1 Å². The van der Waals surface area contributed by atoms with E-state index in [0.717, 1.165) is 73.5 Å². The Morgan fingerprint density at radius 1 is 0.851 bits per heavy atom. The SMILES string of the molecule is Cc1ncc2c(-c3cc(-c4cnn(C)c4)cc4cc(NC(=O)OC5(C)CC5)ncc34)cc(-c3cnn(C)c3)cc2c1OC1CC(O)C1. The lowest BCUT2D eigenvalue weighted by molar-refractivity contribution is -0.0105. The van der Waals surface area contributed by atoms with E-state index in [1.165, 1.54) is 0 Å². The first-order chi connectivity index (χ1) is 22.6. The predicted molar refractivity (Wildman–Crippen MR) is 179 cm³/mol. The Morgan fingerprint density at radius 2 is 1.49 bits per heavy atom. The standard InChI is InChI=1S/C36H35N7O4/c1-20-34(46-27-12-26(44)13-27)30-10-22(25-15-40-43(4)19-25)9-29(32(30)17-37-20)28-8-21(24-14-39-42(3)18-24)7-23-11-33(38-16-31(23)28)41-35(45)47-36(2)5-6-36/h7-11,14-19,26-27,44H,5-6,12-13H2,1-4H3,(H,38,41,45). The third kappa shape index (κ3) is 5.56. The lowest BCUT2D eigenvalue weighted by Crippen LogP contribution is -2.37. The van der Waals surface area contributed by atoms with Crippen LogP contribution in [0.1, 0.15) is 38.3 Å². The number of aliphatic hydroxyl groups excluding tert-OH is 1. The maximum Gasteiger partial charge on any atom is 0.413 e. The smallest absolute Gasteiger partial charge is 0.413 e. The largest absolute Gasteiger partial charge is 0.488 e. The van der Waals surface area contributed by atoms with Crippen molar-refractivity contribution in [2.45, 2.75) is 57.3 Å². The second kappa shape index (κ2) is 10.9. The zero-order valence-corrected chi connectivity index (χ0v) is 26.7. The number of nitrogens with zero attached hydrogens (tertiary/aromatic N) is 6. The molecule has 1 amide bonds. The molecule has 11 nitrogen and oxygen atoms in total. The Bertz CT molecular complexity index is 2190. The number of pyridine rings is 2. The number of carbonyl (C=O) groups is 1. The molecule has 4 heterocycles. The summed E-state index contributed by atoms with van der Waals surface area (Å²) in [6.07, 6.45) is 13.4. The highest BCUT2D eigenvalue weighted by atomic mass is 16.6. The fourth-order valence-electron chi connectivity index (χ4n) is 6.22. The van der Waals surface area contributed by atoms with Crippen LogP contribution in [0.25, 0.3) is 54.9 Å². The normalized spacial score (nSPS) is 18.2. The summed E-state index contributed by atoms with van der Waals surface area (Å²) in [7, 11) is 3.80. The van der Waals surface area contributed by atoms with Gasteiger partial charge in [-0.15, -0.1) is 0 Å². The number of amides is 1. The van der Waals surface area contributed by atoms with Crippen LogP contribution in [-0.2, 0) is 18.8 Å². The van der Waals surface area contributed by atoms with Gasteiger partial charge in [0.1, 0.15) is 23.3 Å². The van der Waals surface area contributed by atoms with E-state index in [1.807, 2.05) is 65.0 Å². The van der Waals surface area contributed by atoms with E-state index in [4.69, 9.17) is 14.5 Å². The van der Waals surface area contributed by atoms with Gasteiger partial charge in [0, 0.05) is 79.0 Å². The number of aryl methyl sites for hydroxylation is 3. The highest BCUT2D eigenvalue weighted by molar-refractivity contribution is 6.10. The fraction of sp³-hybridized carbons (Fsp3) is 0.306. The molecule has 238 valence electrons.